The number of carbonyl (C=O) groups excluding carboxylic acids is 1. The number of sulfone groups is 1. The molecule has 0 unspecified atom stereocenters. The molecule has 25 heavy (non-hydrogen) atoms. The summed E-state index contributed by atoms with van der Waals surface area (Å²) in [5.41, 5.74) is 2.61. The average Bonchev–Trinajstić information content (AvgIpc) is 2.58. The highest BCUT2D eigenvalue weighted by Crippen LogP contribution is 2.34. The summed E-state index contributed by atoms with van der Waals surface area (Å²) in [5.74, 6) is -0.273. The van der Waals surface area contributed by atoms with E-state index in [-0.39, 0.29) is 11.2 Å². The van der Waals surface area contributed by atoms with Crippen molar-refractivity contribution in [3.63, 3.8) is 0 Å². The van der Waals surface area contributed by atoms with Gasteiger partial charge in [-0.25, -0.2) is 8.42 Å². The third-order valence-corrected chi connectivity index (χ3v) is 7.46. The Bertz CT molecular complexity index is 860. The average molecular weight is 356 g/mol. The normalized spacial score (nSPS) is 22.2. The van der Waals surface area contributed by atoms with Crippen LogP contribution in [0.5, 0.6) is 0 Å². The molecule has 0 amide bonds. The van der Waals surface area contributed by atoms with E-state index in [4.69, 9.17) is 0 Å². The predicted molar refractivity (Wildman–Crippen MR) is 101 cm³/mol. The zero-order valence-corrected chi connectivity index (χ0v) is 15.7. The molecule has 132 valence electrons. The van der Waals surface area contributed by atoms with Crippen LogP contribution in [0.3, 0.4) is 0 Å². The van der Waals surface area contributed by atoms with Crippen molar-refractivity contribution in [3.05, 3.63) is 71.3 Å². The topological polar surface area (TPSA) is 51.2 Å². The lowest BCUT2D eigenvalue weighted by molar-refractivity contribution is 0.0975. The van der Waals surface area contributed by atoms with E-state index in [1.165, 1.54) is 0 Å². The molecular formula is C21H24O3S. The van der Waals surface area contributed by atoms with Crippen LogP contribution in [0.25, 0.3) is 0 Å². The molecule has 0 spiro atoms. The van der Waals surface area contributed by atoms with Gasteiger partial charge in [-0.3, -0.25) is 4.79 Å². The Morgan fingerprint density at radius 2 is 1.60 bits per heavy atom. The van der Waals surface area contributed by atoms with E-state index in [2.05, 4.69) is 20.8 Å². The van der Waals surface area contributed by atoms with E-state index in [1.54, 1.807) is 12.1 Å². The van der Waals surface area contributed by atoms with E-state index in [1.807, 2.05) is 42.5 Å². The van der Waals surface area contributed by atoms with E-state index in [0.29, 0.717) is 18.4 Å². The maximum atomic E-state index is 12.6. The molecule has 1 saturated heterocycles. The minimum atomic E-state index is -3.40. The molecule has 1 fully saturated rings. The van der Waals surface area contributed by atoms with Crippen molar-refractivity contribution in [2.75, 3.05) is 0 Å². The zero-order chi connectivity index (χ0) is 18.2. The van der Waals surface area contributed by atoms with Gasteiger partial charge in [0.05, 0.1) is 5.25 Å². The molecule has 3 rings (SSSR count). The first-order valence-electron chi connectivity index (χ1n) is 8.61. The number of rotatable bonds is 4. The van der Waals surface area contributed by atoms with Crippen molar-refractivity contribution in [2.24, 2.45) is 0 Å². The third kappa shape index (κ3) is 3.54. The Hall–Kier alpha value is -1.94. The van der Waals surface area contributed by atoms with Gasteiger partial charge in [0.2, 0.25) is 0 Å². The molecule has 0 aliphatic carbocycles. The molecule has 0 radical (unpaired) electrons. The first-order valence-corrected chi connectivity index (χ1v) is 10.2. The van der Waals surface area contributed by atoms with Crippen LogP contribution >= 0.6 is 0 Å². The van der Waals surface area contributed by atoms with Gasteiger partial charge >= 0.3 is 0 Å². The monoisotopic (exact) mass is 356 g/mol. The van der Waals surface area contributed by atoms with E-state index in [9.17, 15) is 13.2 Å². The second-order valence-corrected chi connectivity index (χ2v) is 10.2. The van der Waals surface area contributed by atoms with Crippen molar-refractivity contribution in [2.45, 2.75) is 49.5 Å². The van der Waals surface area contributed by atoms with Crippen molar-refractivity contribution in [1.29, 1.82) is 0 Å². The Balaban J connectivity index is 1.72. The molecule has 2 atom stereocenters. The summed E-state index contributed by atoms with van der Waals surface area (Å²) in [6.45, 7) is 6.32. The highest BCUT2D eigenvalue weighted by atomic mass is 32.2. The molecule has 4 heteroatoms. The molecule has 0 N–H and O–H groups in total. The van der Waals surface area contributed by atoms with E-state index >= 15 is 0 Å². The Kier molecular flexibility index (Phi) is 4.58. The van der Waals surface area contributed by atoms with Crippen LogP contribution in [0.4, 0.5) is 0 Å². The highest BCUT2D eigenvalue weighted by Gasteiger charge is 2.50. The Morgan fingerprint density at radius 1 is 1.00 bits per heavy atom. The minimum absolute atomic E-state index is 0.00486. The van der Waals surface area contributed by atoms with Gasteiger partial charge in [0, 0.05) is 5.56 Å². The maximum Gasteiger partial charge on any atom is 0.181 e. The SMILES string of the molecule is CC(C)(C)c1ccc(C(=O)[C@@H]2C[C@@H](Cc3ccccc3)S2(=O)=O)cc1. The molecule has 2 aromatic rings. The molecule has 1 aliphatic rings. The molecular weight excluding hydrogens is 332 g/mol. The summed E-state index contributed by atoms with van der Waals surface area (Å²) < 4.78 is 25.1. The lowest BCUT2D eigenvalue weighted by atomic mass is 9.86. The fourth-order valence-corrected chi connectivity index (χ4v) is 5.20. The van der Waals surface area contributed by atoms with Crippen LogP contribution in [0.1, 0.15) is 48.7 Å². The van der Waals surface area contributed by atoms with Crippen molar-refractivity contribution in [1.82, 2.24) is 0 Å². The van der Waals surface area contributed by atoms with Crippen LogP contribution in [-0.4, -0.2) is 24.7 Å². The van der Waals surface area contributed by atoms with E-state index in [0.717, 1.165) is 11.1 Å². The van der Waals surface area contributed by atoms with Crippen LogP contribution in [0, 0.1) is 0 Å². The standard InChI is InChI=1S/C21H24O3S/c1-21(2,3)17-11-9-16(10-12-17)20(22)19-14-18(25(19,23)24)13-15-7-5-4-6-8-15/h4-12,18-19H,13-14H2,1-3H3/t18-,19+/m1/s1. The third-order valence-electron chi connectivity index (χ3n) is 4.97. The molecule has 1 heterocycles. The fraction of sp³-hybridized carbons (Fsp3) is 0.381. The highest BCUT2D eigenvalue weighted by molar-refractivity contribution is 7.94. The largest absolute Gasteiger partial charge is 0.293 e. The summed E-state index contributed by atoms with van der Waals surface area (Å²) in [4.78, 5) is 12.6. The molecule has 0 bridgehead atoms. The van der Waals surface area contributed by atoms with Gasteiger partial charge < -0.3 is 0 Å². The van der Waals surface area contributed by atoms with Crippen molar-refractivity contribution < 1.29 is 13.2 Å². The minimum Gasteiger partial charge on any atom is -0.293 e. The predicted octanol–water partition coefficient (Wildman–Crippen LogP) is 3.97. The lowest BCUT2D eigenvalue weighted by Gasteiger charge is -2.34. The van der Waals surface area contributed by atoms with E-state index < -0.39 is 20.3 Å². The van der Waals surface area contributed by atoms with Crippen LogP contribution < -0.4 is 0 Å². The number of carbonyl (C=O) groups is 1. The smallest absolute Gasteiger partial charge is 0.181 e. The number of ketones is 1. The van der Waals surface area contributed by atoms with Gasteiger partial charge in [-0.1, -0.05) is 75.4 Å². The zero-order valence-electron chi connectivity index (χ0n) is 14.9. The van der Waals surface area contributed by atoms with Crippen LogP contribution in [0.2, 0.25) is 0 Å². The molecule has 0 saturated carbocycles. The number of hydrogen-bond acceptors (Lipinski definition) is 3. The quantitative estimate of drug-likeness (QED) is 0.779. The summed E-state index contributed by atoms with van der Waals surface area (Å²) in [6, 6.07) is 16.9. The summed E-state index contributed by atoms with van der Waals surface area (Å²) in [5, 5.41) is -1.33. The maximum absolute atomic E-state index is 12.6. The summed E-state index contributed by atoms with van der Waals surface area (Å²) in [7, 11) is -3.40. The lowest BCUT2D eigenvalue weighted by Crippen LogP contribution is -2.51. The van der Waals surface area contributed by atoms with Crippen LogP contribution in [0.15, 0.2) is 54.6 Å². The van der Waals surface area contributed by atoms with Gasteiger partial charge in [-0.05, 0) is 29.4 Å². The summed E-state index contributed by atoms with van der Waals surface area (Å²) in [6.07, 6.45) is 0.896. The number of Topliss-reactive ketones (excluding diaryl/α,β-unsaturated/α-hetero) is 1. The summed E-state index contributed by atoms with van der Waals surface area (Å²) >= 11 is 0. The Labute approximate surface area is 150 Å². The molecule has 1 aliphatic heterocycles. The first kappa shape index (κ1) is 17.9. The van der Waals surface area contributed by atoms with Crippen LogP contribution in [-0.2, 0) is 21.7 Å². The number of hydrogen-bond donors (Lipinski definition) is 0. The van der Waals surface area contributed by atoms with Gasteiger partial charge in [0.1, 0.15) is 5.25 Å². The molecule has 3 nitrogen and oxygen atoms in total. The molecule has 2 aromatic carbocycles. The van der Waals surface area contributed by atoms with Gasteiger partial charge in [0.15, 0.2) is 15.6 Å². The molecule has 0 aromatic heterocycles. The van der Waals surface area contributed by atoms with Crippen molar-refractivity contribution >= 4 is 15.6 Å². The Morgan fingerprint density at radius 3 is 2.12 bits per heavy atom. The van der Waals surface area contributed by atoms with Crippen molar-refractivity contribution in [3.8, 4) is 0 Å². The van der Waals surface area contributed by atoms with Gasteiger partial charge in [-0.2, -0.15) is 0 Å². The number of benzene rings is 2. The second kappa shape index (κ2) is 6.41. The van der Waals surface area contributed by atoms with Gasteiger partial charge in [-0.15, -0.1) is 0 Å². The fourth-order valence-electron chi connectivity index (χ4n) is 3.27. The van der Waals surface area contributed by atoms with Gasteiger partial charge in [0.25, 0.3) is 0 Å². The second-order valence-electron chi connectivity index (χ2n) is 7.82. The first-order chi connectivity index (χ1) is 11.7.